The van der Waals surface area contributed by atoms with E-state index in [1.165, 1.54) is 18.2 Å². The summed E-state index contributed by atoms with van der Waals surface area (Å²) in [6, 6.07) is 3.73. The quantitative estimate of drug-likeness (QED) is 0.737. The van der Waals surface area contributed by atoms with Crippen LogP contribution in [0.25, 0.3) is 0 Å². The maximum Gasteiger partial charge on any atom is 0.411 e. The van der Waals surface area contributed by atoms with Crippen molar-refractivity contribution < 1.29 is 27.1 Å². The number of carbonyl (C=O) groups excluding carboxylic acids is 1. The molecule has 1 N–H and O–H groups in total. The first kappa shape index (κ1) is 21.4. The lowest BCUT2D eigenvalue weighted by atomic mass is 9.85. The number of anilines is 1. The number of carbonyl (C=O) groups is 1. The highest BCUT2D eigenvalue weighted by molar-refractivity contribution is 5.81. The molecule has 0 bridgehead atoms. The fourth-order valence-corrected chi connectivity index (χ4v) is 4.29. The summed E-state index contributed by atoms with van der Waals surface area (Å²) in [6.07, 6.45) is -3.20. The van der Waals surface area contributed by atoms with E-state index in [1.807, 2.05) is 0 Å². The smallest absolute Gasteiger partial charge is 0.411 e. The number of benzene rings is 1. The average Bonchev–Trinajstić information content (AvgIpc) is 3.22. The highest BCUT2D eigenvalue weighted by Crippen LogP contribution is 2.41. The molecule has 168 valence electrons. The number of rotatable bonds is 4. The first-order valence-corrected chi connectivity index (χ1v) is 10.2. The summed E-state index contributed by atoms with van der Waals surface area (Å²) in [5.74, 6) is -0.736. The molecule has 2 aliphatic heterocycles. The maximum absolute atomic E-state index is 13.8. The van der Waals surface area contributed by atoms with Crippen LogP contribution in [-0.2, 0) is 4.79 Å². The average molecular weight is 441 g/mol. The summed E-state index contributed by atoms with van der Waals surface area (Å²) >= 11 is 0. The number of piperidine rings is 1. The number of likely N-dealkylation sites (tertiary alicyclic amines) is 1. The number of fused-ring (bicyclic) bond motifs is 1. The van der Waals surface area contributed by atoms with Crippen molar-refractivity contribution in [3.05, 3.63) is 36.4 Å². The van der Waals surface area contributed by atoms with Crippen molar-refractivity contribution in [3.63, 3.8) is 0 Å². The van der Waals surface area contributed by atoms with Gasteiger partial charge in [-0.3, -0.25) is 4.79 Å². The number of hydrogen-bond donors (Lipinski definition) is 1. The minimum atomic E-state index is -4.42. The number of nitrogens with one attached hydrogen (secondary N) is 1. The molecule has 1 aromatic carbocycles. The lowest BCUT2D eigenvalue weighted by Crippen LogP contribution is -2.49. The van der Waals surface area contributed by atoms with Crippen LogP contribution in [0, 0.1) is 11.7 Å². The van der Waals surface area contributed by atoms with Gasteiger partial charge in [0.1, 0.15) is 6.33 Å². The molecule has 7 nitrogen and oxygen atoms in total. The third-order valence-electron chi connectivity index (χ3n) is 5.95. The molecule has 11 heteroatoms. The number of ether oxygens (including phenoxy) is 1. The largest absolute Gasteiger partial charge is 0.478 e. The van der Waals surface area contributed by atoms with Crippen LogP contribution in [0.5, 0.6) is 5.75 Å². The van der Waals surface area contributed by atoms with E-state index < -0.39 is 30.2 Å². The van der Waals surface area contributed by atoms with Crippen LogP contribution >= 0.6 is 0 Å². The van der Waals surface area contributed by atoms with E-state index in [9.17, 15) is 22.4 Å². The Balaban J connectivity index is 1.35. The molecule has 1 fully saturated rings. The van der Waals surface area contributed by atoms with Crippen molar-refractivity contribution in [1.82, 2.24) is 19.7 Å². The Labute approximate surface area is 176 Å². The van der Waals surface area contributed by atoms with Crippen LogP contribution in [-0.4, -0.2) is 57.0 Å². The van der Waals surface area contributed by atoms with Crippen molar-refractivity contribution >= 4 is 11.9 Å². The standard InChI is InChI=1S/C20H23F4N5O2/c1-12(31-16-5-3-2-4-14(16)21)18(30)28-8-6-13(7-9-28)15-10-17(20(22,23)24)29-19(27-15)25-11-26-29/h2-5,11-13,15,17H,6-10H2,1H3,(H,25,26,27)/t12?,15-,17+/m0/s1. The van der Waals surface area contributed by atoms with Gasteiger partial charge >= 0.3 is 6.18 Å². The van der Waals surface area contributed by atoms with E-state index in [4.69, 9.17) is 4.74 Å². The summed E-state index contributed by atoms with van der Waals surface area (Å²) in [6.45, 7) is 2.36. The SMILES string of the molecule is CC(Oc1ccccc1F)C(=O)N1CCC([C@@H]2C[C@H](C(F)(F)F)n3ncnc3N2)CC1. The maximum atomic E-state index is 13.8. The van der Waals surface area contributed by atoms with Gasteiger partial charge in [-0.05, 0) is 44.2 Å². The van der Waals surface area contributed by atoms with Crippen LogP contribution in [0.4, 0.5) is 23.5 Å². The van der Waals surface area contributed by atoms with Crippen molar-refractivity contribution in [3.8, 4) is 5.75 Å². The Bertz CT molecular complexity index is 926. The lowest BCUT2D eigenvalue weighted by molar-refractivity contribution is -0.174. The van der Waals surface area contributed by atoms with E-state index in [0.29, 0.717) is 25.9 Å². The first-order valence-electron chi connectivity index (χ1n) is 10.2. The molecule has 0 aliphatic carbocycles. The van der Waals surface area contributed by atoms with Crippen LogP contribution in [0.2, 0.25) is 0 Å². The molecule has 0 spiro atoms. The van der Waals surface area contributed by atoms with Crippen molar-refractivity contribution in [1.29, 1.82) is 0 Å². The number of para-hydroxylation sites is 1. The first-order chi connectivity index (χ1) is 14.7. The second kappa shape index (κ2) is 8.35. The number of halogens is 4. The van der Waals surface area contributed by atoms with Gasteiger partial charge < -0.3 is 15.0 Å². The van der Waals surface area contributed by atoms with E-state index in [1.54, 1.807) is 17.9 Å². The molecular formula is C20H23F4N5O2. The molecule has 1 aromatic heterocycles. The second-order valence-electron chi connectivity index (χ2n) is 7.93. The van der Waals surface area contributed by atoms with E-state index in [-0.39, 0.29) is 29.9 Å². The van der Waals surface area contributed by atoms with Gasteiger partial charge in [0, 0.05) is 19.1 Å². The molecule has 0 radical (unpaired) electrons. The van der Waals surface area contributed by atoms with E-state index >= 15 is 0 Å². The Hall–Kier alpha value is -2.85. The molecule has 2 aliphatic rings. The molecule has 1 saturated heterocycles. The zero-order chi connectivity index (χ0) is 22.2. The number of amides is 1. The Kier molecular flexibility index (Phi) is 5.76. The van der Waals surface area contributed by atoms with Crippen LogP contribution < -0.4 is 10.1 Å². The van der Waals surface area contributed by atoms with Crippen LogP contribution in [0.15, 0.2) is 30.6 Å². The topological polar surface area (TPSA) is 72.3 Å². The Morgan fingerprint density at radius 1 is 1.26 bits per heavy atom. The number of nitrogens with zero attached hydrogens (tertiary/aromatic N) is 4. The van der Waals surface area contributed by atoms with Gasteiger partial charge in [0.15, 0.2) is 23.7 Å². The van der Waals surface area contributed by atoms with E-state index in [0.717, 1.165) is 11.0 Å². The van der Waals surface area contributed by atoms with Gasteiger partial charge in [-0.1, -0.05) is 12.1 Å². The molecular weight excluding hydrogens is 418 g/mol. The van der Waals surface area contributed by atoms with Gasteiger partial charge in [-0.15, -0.1) is 0 Å². The summed E-state index contributed by atoms with van der Waals surface area (Å²) in [5, 5.41) is 6.78. The second-order valence-corrected chi connectivity index (χ2v) is 7.93. The summed E-state index contributed by atoms with van der Waals surface area (Å²) < 4.78 is 60.6. The van der Waals surface area contributed by atoms with Gasteiger partial charge in [-0.25, -0.2) is 9.07 Å². The molecule has 31 heavy (non-hydrogen) atoms. The number of alkyl halides is 3. The number of aromatic nitrogens is 3. The third kappa shape index (κ3) is 4.45. The van der Waals surface area contributed by atoms with Gasteiger partial charge in [0.05, 0.1) is 0 Å². The Morgan fingerprint density at radius 3 is 2.65 bits per heavy atom. The monoisotopic (exact) mass is 441 g/mol. The zero-order valence-corrected chi connectivity index (χ0v) is 16.8. The van der Waals surface area contributed by atoms with Gasteiger partial charge in [0.2, 0.25) is 5.95 Å². The molecule has 1 amide bonds. The molecule has 2 aromatic rings. The highest BCUT2D eigenvalue weighted by atomic mass is 19.4. The fourth-order valence-electron chi connectivity index (χ4n) is 4.29. The van der Waals surface area contributed by atoms with Crippen molar-refractivity contribution in [2.75, 3.05) is 18.4 Å². The summed E-state index contributed by atoms with van der Waals surface area (Å²) in [4.78, 5) is 18.2. The van der Waals surface area contributed by atoms with Crippen LogP contribution in [0.3, 0.4) is 0 Å². The van der Waals surface area contributed by atoms with Crippen molar-refractivity contribution in [2.45, 2.75) is 50.6 Å². The summed E-state index contributed by atoms with van der Waals surface area (Å²) in [7, 11) is 0. The fraction of sp³-hybridized carbons (Fsp3) is 0.550. The highest BCUT2D eigenvalue weighted by Gasteiger charge is 2.48. The zero-order valence-electron chi connectivity index (χ0n) is 16.8. The van der Waals surface area contributed by atoms with Crippen molar-refractivity contribution in [2.24, 2.45) is 5.92 Å². The minimum absolute atomic E-state index is 0.00643. The Morgan fingerprint density at radius 2 is 1.97 bits per heavy atom. The summed E-state index contributed by atoms with van der Waals surface area (Å²) in [5.41, 5.74) is 0. The molecule has 4 rings (SSSR count). The predicted molar refractivity (Wildman–Crippen MR) is 103 cm³/mol. The van der Waals surface area contributed by atoms with E-state index in [2.05, 4.69) is 15.4 Å². The molecule has 3 heterocycles. The lowest BCUT2D eigenvalue weighted by Gasteiger charge is -2.40. The molecule has 3 atom stereocenters. The minimum Gasteiger partial charge on any atom is -0.478 e. The number of hydrogen-bond acceptors (Lipinski definition) is 5. The predicted octanol–water partition coefficient (Wildman–Crippen LogP) is 3.41. The van der Waals surface area contributed by atoms with Gasteiger partial charge in [-0.2, -0.15) is 23.3 Å². The normalized spacial score (nSPS) is 23.1. The van der Waals surface area contributed by atoms with Gasteiger partial charge in [0.25, 0.3) is 5.91 Å². The molecule has 1 unspecified atom stereocenters. The third-order valence-corrected chi connectivity index (χ3v) is 5.95. The molecule has 0 saturated carbocycles. The van der Waals surface area contributed by atoms with Crippen LogP contribution in [0.1, 0.15) is 32.2 Å².